The second kappa shape index (κ2) is 17.8. The summed E-state index contributed by atoms with van der Waals surface area (Å²) in [6, 6.07) is 6.38. The van der Waals surface area contributed by atoms with Gasteiger partial charge in [0, 0.05) is 19.8 Å². The van der Waals surface area contributed by atoms with Crippen LogP contribution in [0.5, 0.6) is 0 Å². The normalized spacial score (nSPS) is 16.1. The van der Waals surface area contributed by atoms with Crippen molar-refractivity contribution in [1.29, 1.82) is 0 Å². The van der Waals surface area contributed by atoms with E-state index in [0.29, 0.717) is 0 Å². The van der Waals surface area contributed by atoms with Crippen LogP contribution in [0.2, 0.25) is 18.5 Å². The van der Waals surface area contributed by atoms with E-state index >= 15 is 0 Å². The number of hydrogen-bond donors (Lipinski definition) is 0. The van der Waals surface area contributed by atoms with Gasteiger partial charge in [0.2, 0.25) is 0 Å². The first-order chi connectivity index (χ1) is 12.9. The molecule has 3 nitrogen and oxygen atoms in total. The molecule has 1 aromatic carbocycles. The van der Waals surface area contributed by atoms with Crippen molar-refractivity contribution in [3.05, 3.63) is 29.3 Å². The van der Waals surface area contributed by atoms with Crippen molar-refractivity contribution >= 4 is 12.4 Å². The Kier molecular flexibility index (Phi) is 20.1. The highest BCUT2D eigenvalue weighted by atomic mass is 15.1. The predicted octanol–water partition coefficient (Wildman–Crippen LogP) is 6.44. The van der Waals surface area contributed by atoms with Gasteiger partial charge in [-0.2, -0.15) is 0 Å². The van der Waals surface area contributed by atoms with Crippen LogP contribution in [0.25, 0.3) is 0 Å². The van der Waals surface area contributed by atoms with Crippen LogP contribution in [0.3, 0.4) is 0 Å². The summed E-state index contributed by atoms with van der Waals surface area (Å²) in [7, 11) is 8.67. The van der Waals surface area contributed by atoms with Crippen LogP contribution in [-0.2, 0) is 0 Å². The van der Waals surface area contributed by atoms with Gasteiger partial charge in [-0.3, -0.25) is 0 Å². The van der Waals surface area contributed by atoms with Gasteiger partial charge in [-0.15, -0.1) is 0 Å². The Morgan fingerprint density at radius 3 is 1.52 bits per heavy atom. The number of rotatable bonds is 1. The topological polar surface area (TPSA) is 9.72 Å². The fourth-order valence-corrected chi connectivity index (χ4v) is 4.24. The van der Waals surface area contributed by atoms with Gasteiger partial charge < -0.3 is 14.7 Å². The molecule has 2 heterocycles. The van der Waals surface area contributed by atoms with E-state index in [1.807, 2.05) is 27.7 Å². The zero-order valence-corrected chi connectivity index (χ0v) is 20.0. The van der Waals surface area contributed by atoms with E-state index in [0.717, 1.165) is 12.5 Å². The average Bonchev–Trinajstić information content (AvgIpc) is 2.65. The lowest BCUT2D eigenvalue weighted by Crippen LogP contribution is -2.48. The Labute approximate surface area is 185 Å². The zero-order chi connectivity index (χ0) is 21.0. The highest BCUT2D eigenvalue weighted by Crippen LogP contribution is 2.28. The molecule has 0 aliphatic carbocycles. The largest absolute Gasteiger partial charge is 0.377 e. The van der Waals surface area contributed by atoms with Crippen LogP contribution in [0.4, 0.5) is 5.69 Å². The molecule has 29 heavy (non-hydrogen) atoms. The van der Waals surface area contributed by atoms with E-state index in [-0.39, 0.29) is 14.9 Å². The fraction of sp³-hybridized carbons (Fsp3) is 0.760. The van der Waals surface area contributed by atoms with Gasteiger partial charge in [-0.05, 0) is 71.1 Å². The number of para-hydroxylation sites is 1. The lowest BCUT2D eigenvalue weighted by molar-refractivity contribution is 0.260. The Hall–Kier alpha value is -0.995. The molecule has 0 atom stereocenters. The van der Waals surface area contributed by atoms with E-state index in [2.05, 4.69) is 74.9 Å². The molecule has 3 rings (SSSR count). The Morgan fingerprint density at radius 2 is 1.21 bits per heavy atom. The second-order valence-corrected chi connectivity index (χ2v) is 7.76. The van der Waals surface area contributed by atoms with Crippen LogP contribution in [0, 0.1) is 13.8 Å². The van der Waals surface area contributed by atoms with Crippen LogP contribution < -0.4 is 4.90 Å². The molecule has 172 valence electrons. The molecular weight excluding hydrogens is 353 g/mol. The highest BCUT2D eigenvalue weighted by molar-refractivity contribution is 6.61. The first-order valence-electron chi connectivity index (χ1n) is 11.0. The number of benzene rings is 1. The minimum atomic E-state index is 0. The molecule has 0 spiro atoms. The molecule has 2 aliphatic rings. The summed E-state index contributed by atoms with van der Waals surface area (Å²) in [5, 5.41) is 0. The van der Waals surface area contributed by atoms with Crippen LogP contribution in [0.1, 0.15) is 53.7 Å². The van der Waals surface area contributed by atoms with E-state index in [1.165, 1.54) is 55.6 Å². The van der Waals surface area contributed by atoms with E-state index in [1.54, 1.807) is 0 Å². The van der Waals surface area contributed by atoms with Crippen molar-refractivity contribution in [1.82, 2.24) is 9.80 Å². The van der Waals surface area contributed by atoms with Crippen molar-refractivity contribution < 1.29 is 0 Å². The lowest BCUT2D eigenvalue weighted by Gasteiger charge is -2.41. The van der Waals surface area contributed by atoms with Gasteiger partial charge in [0.1, 0.15) is 6.71 Å². The van der Waals surface area contributed by atoms with E-state index in [9.17, 15) is 0 Å². The lowest BCUT2D eigenvalue weighted by atomic mass is 9.34. The molecule has 4 heteroatoms. The Bertz CT molecular complexity index is 469. The number of hydrogen-bond acceptors (Lipinski definition) is 3. The van der Waals surface area contributed by atoms with Crippen molar-refractivity contribution in [3.8, 4) is 0 Å². The first kappa shape index (κ1) is 32.7. The molecule has 0 N–H and O–H groups in total. The van der Waals surface area contributed by atoms with Gasteiger partial charge in [0.25, 0.3) is 0 Å². The summed E-state index contributed by atoms with van der Waals surface area (Å²) in [5.74, 6) is 0.961. The van der Waals surface area contributed by atoms with Crippen LogP contribution >= 0.6 is 0 Å². The summed E-state index contributed by atoms with van der Waals surface area (Å²) in [5.41, 5.74) is 4.03. The van der Waals surface area contributed by atoms with Gasteiger partial charge in [0.05, 0.1) is 0 Å². The number of aryl methyl sites for hydroxylation is 2. The SMILES string of the molecule is C.C.CC.CC.CN1CCB2CCN(C)CC2C1.Cc1cccc(C)c1N(C)C. The van der Waals surface area contributed by atoms with Crippen LogP contribution in [-0.4, -0.2) is 70.9 Å². The summed E-state index contributed by atoms with van der Waals surface area (Å²) >= 11 is 0. The van der Waals surface area contributed by atoms with Crippen molar-refractivity contribution in [2.45, 2.75) is 74.9 Å². The van der Waals surface area contributed by atoms with Gasteiger partial charge in [-0.1, -0.05) is 73.4 Å². The predicted molar refractivity (Wildman–Crippen MR) is 141 cm³/mol. The quantitative estimate of drug-likeness (QED) is 0.496. The smallest absolute Gasteiger partial charge is 0.148 e. The molecule has 2 saturated heterocycles. The third-order valence-corrected chi connectivity index (χ3v) is 5.41. The maximum atomic E-state index is 2.49. The number of fused-ring (bicyclic) bond motifs is 1. The third-order valence-electron chi connectivity index (χ3n) is 5.41. The minimum Gasteiger partial charge on any atom is -0.377 e. The van der Waals surface area contributed by atoms with Crippen molar-refractivity contribution in [3.63, 3.8) is 0 Å². The Morgan fingerprint density at radius 1 is 0.828 bits per heavy atom. The molecule has 2 fully saturated rings. The van der Waals surface area contributed by atoms with Crippen molar-refractivity contribution in [2.24, 2.45) is 0 Å². The van der Waals surface area contributed by atoms with E-state index < -0.39 is 0 Å². The molecular formula is C25H54BN3. The molecule has 0 saturated carbocycles. The summed E-state index contributed by atoms with van der Waals surface area (Å²) in [6.07, 6.45) is 2.88. The second-order valence-electron chi connectivity index (χ2n) is 7.76. The zero-order valence-electron chi connectivity index (χ0n) is 20.0. The molecule has 0 aromatic heterocycles. The Balaban J connectivity index is -0.000000377. The molecule has 0 amide bonds. The fourth-order valence-electron chi connectivity index (χ4n) is 4.24. The van der Waals surface area contributed by atoms with E-state index in [4.69, 9.17) is 0 Å². The standard InChI is InChI=1S/C10H15N.C9H19BN2.2C2H6.2CH4/c1-8-6-5-7-9(2)10(8)11(3)4;1-11-5-3-10-4-6-12(2)8-9(10)7-11;2*1-2;;/h5-7H,1-4H3;9H,3-8H2,1-2H3;2*1-2H3;2*1H4. The van der Waals surface area contributed by atoms with Crippen LogP contribution in [0.15, 0.2) is 18.2 Å². The maximum absolute atomic E-state index is 2.49. The maximum Gasteiger partial charge on any atom is 0.148 e. The molecule has 0 bridgehead atoms. The highest BCUT2D eigenvalue weighted by Gasteiger charge is 2.34. The average molecular weight is 408 g/mol. The van der Waals surface area contributed by atoms with Gasteiger partial charge in [0.15, 0.2) is 0 Å². The number of nitrogens with zero attached hydrogens (tertiary/aromatic N) is 3. The van der Waals surface area contributed by atoms with Gasteiger partial charge in [-0.25, -0.2) is 0 Å². The minimum absolute atomic E-state index is 0. The molecule has 0 radical (unpaired) electrons. The summed E-state index contributed by atoms with van der Waals surface area (Å²) in [4.78, 5) is 7.13. The molecule has 2 aliphatic heterocycles. The third kappa shape index (κ3) is 11.1. The van der Waals surface area contributed by atoms with Crippen molar-refractivity contribution in [2.75, 3.05) is 59.3 Å². The monoisotopic (exact) mass is 407 g/mol. The number of anilines is 1. The molecule has 0 unspecified atom stereocenters. The summed E-state index contributed by atoms with van der Waals surface area (Å²) in [6.45, 7) is 18.6. The molecule has 1 aromatic rings. The summed E-state index contributed by atoms with van der Waals surface area (Å²) < 4.78 is 0. The first-order valence-corrected chi connectivity index (χ1v) is 11.0. The van der Waals surface area contributed by atoms with Gasteiger partial charge >= 0.3 is 0 Å².